The van der Waals surface area contributed by atoms with Crippen molar-refractivity contribution in [2.45, 2.75) is 12.3 Å². The van der Waals surface area contributed by atoms with Gasteiger partial charge in [0.25, 0.3) is 0 Å². The maximum Gasteiger partial charge on any atom is 0.197 e. The molecule has 0 unspecified atom stereocenters. The predicted molar refractivity (Wildman–Crippen MR) is 108 cm³/mol. The predicted octanol–water partition coefficient (Wildman–Crippen LogP) is 5.99. The molecule has 0 amide bonds. The van der Waals surface area contributed by atoms with Crippen molar-refractivity contribution in [1.82, 2.24) is 10.4 Å². The lowest BCUT2D eigenvalue weighted by atomic mass is 10.0. The lowest BCUT2D eigenvalue weighted by Crippen LogP contribution is -2.43. The second kappa shape index (κ2) is 6.61. The van der Waals surface area contributed by atoms with Crippen molar-refractivity contribution in [3.63, 3.8) is 0 Å². The number of para-hydroxylation sites is 1. The van der Waals surface area contributed by atoms with Crippen LogP contribution >= 0.6 is 23.2 Å². The molecule has 0 saturated heterocycles. The molecular formula is C22H16Cl2N2O. The smallest absolute Gasteiger partial charge is 0.197 e. The zero-order valence-corrected chi connectivity index (χ0v) is 15.8. The number of ether oxygens (including phenoxy) is 1. The highest BCUT2D eigenvalue weighted by atomic mass is 35.5. The fourth-order valence-electron chi connectivity index (χ4n) is 3.64. The van der Waals surface area contributed by atoms with Gasteiger partial charge >= 0.3 is 0 Å². The monoisotopic (exact) mass is 394 g/mol. The van der Waals surface area contributed by atoms with Crippen LogP contribution in [0.3, 0.4) is 0 Å². The van der Waals surface area contributed by atoms with Crippen molar-refractivity contribution >= 4 is 28.9 Å². The number of hydrazine groups is 1. The molecule has 3 nitrogen and oxygen atoms in total. The molecule has 0 aromatic heterocycles. The highest BCUT2D eigenvalue weighted by Crippen LogP contribution is 2.47. The van der Waals surface area contributed by atoms with Crippen LogP contribution in [0.15, 0.2) is 78.9 Å². The Hall–Kier alpha value is -2.46. The fourth-order valence-corrected chi connectivity index (χ4v) is 4.04. The van der Waals surface area contributed by atoms with Gasteiger partial charge in [0.15, 0.2) is 6.23 Å². The van der Waals surface area contributed by atoms with Gasteiger partial charge in [-0.25, -0.2) is 0 Å². The molecule has 5 rings (SSSR count). The van der Waals surface area contributed by atoms with Crippen molar-refractivity contribution in [3.8, 4) is 5.75 Å². The Morgan fingerprint density at radius 2 is 1.56 bits per heavy atom. The van der Waals surface area contributed by atoms with Crippen LogP contribution in [0.25, 0.3) is 5.70 Å². The molecule has 0 bridgehead atoms. The molecule has 134 valence electrons. The Bertz CT molecular complexity index is 1040. The van der Waals surface area contributed by atoms with Crippen LogP contribution in [-0.2, 0) is 0 Å². The maximum absolute atomic E-state index is 6.51. The number of fused-ring (bicyclic) bond motifs is 3. The van der Waals surface area contributed by atoms with Crippen LogP contribution in [-0.4, -0.2) is 5.01 Å². The van der Waals surface area contributed by atoms with Crippen LogP contribution < -0.4 is 10.2 Å². The summed E-state index contributed by atoms with van der Waals surface area (Å²) in [6, 6.07) is 24.0. The minimum atomic E-state index is -0.395. The van der Waals surface area contributed by atoms with E-state index in [0.717, 1.165) is 28.1 Å². The third-order valence-electron chi connectivity index (χ3n) is 4.93. The fraction of sp³-hybridized carbons (Fsp3) is 0.0909. The first-order valence-electron chi connectivity index (χ1n) is 8.74. The highest BCUT2D eigenvalue weighted by molar-refractivity contribution is 6.42. The minimum Gasteiger partial charge on any atom is -0.469 e. The van der Waals surface area contributed by atoms with E-state index < -0.39 is 6.23 Å². The number of benzene rings is 3. The van der Waals surface area contributed by atoms with E-state index in [4.69, 9.17) is 27.9 Å². The molecule has 27 heavy (non-hydrogen) atoms. The van der Waals surface area contributed by atoms with Crippen molar-refractivity contribution in [3.05, 3.63) is 106 Å². The first-order chi connectivity index (χ1) is 13.2. The van der Waals surface area contributed by atoms with Gasteiger partial charge in [-0.1, -0.05) is 83.9 Å². The Morgan fingerprint density at radius 3 is 2.41 bits per heavy atom. The minimum absolute atomic E-state index is 0.0326. The second-order valence-corrected chi connectivity index (χ2v) is 7.35. The maximum atomic E-state index is 6.51. The summed E-state index contributed by atoms with van der Waals surface area (Å²) in [6.07, 6.45) is 1.83. The van der Waals surface area contributed by atoms with Crippen LogP contribution in [0, 0.1) is 0 Å². The van der Waals surface area contributed by atoms with E-state index in [1.54, 1.807) is 6.07 Å². The van der Waals surface area contributed by atoms with Gasteiger partial charge in [-0.3, -0.25) is 0 Å². The summed E-state index contributed by atoms with van der Waals surface area (Å²) in [5.41, 5.74) is 7.63. The van der Waals surface area contributed by atoms with Crippen molar-refractivity contribution in [2.75, 3.05) is 0 Å². The average molecular weight is 395 g/mol. The molecule has 2 aliphatic heterocycles. The topological polar surface area (TPSA) is 24.5 Å². The molecule has 0 radical (unpaired) electrons. The van der Waals surface area contributed by atoms with Gasteiger partial charge < -0.3 is 10.2 Å². The molecule has 2 aliphatic rings. The van der Waals surface area contributed by atoms with Gasteiger partial charge in [0.1, 0.15) is 5.75 Å². The van der Waals surface area contributed by atoms with E-state index in [-0.39, 0.29) is 6.04 Å². The molecule has 2 heterocycles. The number of rotatable bonds is 2. The number of nitrogens with zero attached hydrogens (tertiary/aromatic N) is 1. The molecule has 2 atom stereocenters. The summed E-state index contributed by atoms with van der Waals surface area (Å²) in [5, 5.41) is 3.11. The number of halogens is 2. The standard InChI is InChI=1S/C22H16Cl2N2O/c23-17-11-6-10-16(21(17)24)22-26-19(15-9-4-5-12-20(15)27-22)13-18(25-26)14-7-2-1-3-8-14/h1-13,19,22,25H/t19-,22-/m1/s1. The number of hydrogen-bond acceptors (Lipinski definition) is 3. The summed E-state index contributed by atoms with van der Waals surface area (Å²) >= 11 is 12.8. The van der Waals surface area contributed by atoms with Crippen molar-refractivity contribution < 1.29 is 4.74 Å². The molecular weight excluding hydrogens is 379 g/mol. The SMILES string of the molecule is Clc1cccc([C@H]2Oc3ccccc3[C@H]3C=C(c4ccccc4)NN32)c1Cl. The summed E-state index contributed by atoms with van der Waals surface area (Å²) in [7, 11) is 0. The van der Waals surface area contributed by atoms with Crippen LogP contribution in [0.2, 0.25) is 10.0 Å². The van der Waals surface area contributed by atoms with Gasteiger partial charge in [0.05, 0.1) is 21.8 Å². The third kappa shape index (κ3) is 2.79. The molecule has 3 aromatic rings. The second-order valence-electron chi connectivity index (χ2n) is 6.56. The van der Waals surface area contributed by atoms with Crippen molar-refractivity contribution in [1.29, 1.82) is 0 Å². The van der Waals surface area contributed by atoms with Gasteiger partial charge in [-0.05, 0) is 23.8 Å². The van der Waals surface area contributed by atoms with Gasteiger partial charge in [0.2, 0.25) is 0 Å². The molecule has 0 aliphatic carbocycles. The Balaban J connectivity index is 1.62. The lowest BCUT2D eigenvalue weighted by Gasteiger charge is -2.39. The zero-order chi connectivity index (χ0) is 18.4. The van der Waals surface area contributed by atoms with Crippen molar-refractivity contribution in [2.24, 2.45) is 0 Å². The van der Waals surface area contributed by atoms with Gasteiger partial charge in [0, 0.05) is 11.1 Å². The first-order valence-corrected chi connectivity index (χ1v) is 9.50. The van der Waals surface area contributed by atoms with E-state index >= 15 is 0 Å². The van der Waals surface area contributed by atoms with Gasteiger partial charge in [-0.2, -0.15) is 5.01 Å². The largest absolute Gasteiger partial charge is 0.469 e. The number of nitrogens with one attached hydrogen (secondary N) is 1. The first kappa shape index (κ1) is 16.7. The van der Waals surface area contributed by atoms with E-state index in [1.165, 1.54) is 0 Å². The van der Waals surface area contributed by atoms with E-state index in [2.05, 4.69) is 34.7 Å². The molecule has 1 N–H and O–H groups in total. The Morgan fingerprint density at radius 1 is 0.815 bits per heavy atom. The average Bonchev–Trinajstić information content (AvgIpc) is 3.16. The third-order valence-corrected chi connectivity index (χ3v) is 5.77. The lowest BCUT2D eigenvalue weighted by molar-refractivity contribution is -0.0325. The van der Waals surface area contributed by atoms with Crippen LogP contribution in [0.5, 0.6) is 5.75 Å². The van der Waals surface area contributed by atoms with E-state index in [0.29, 0.717) is 10.0 Å². The normalized spacial score (nSPS) is 20.9. The molecule has 3 aromatic carbocycles. The van der Waals surface area contributed by atoms with E-state index in [1.807, 2.05) is 48.5 Å². The summed E-state index contributed by atoms with van der Waals surface area (Å²) in [6.45, 7) is 0. The Kier molecular flexibility index (Phi) is 4.09. The summed E-state index contributed by atoms with van der Waals surface area (Å²) in [4.78, 5) is 0. The molecule has 0 saturated carbocycles. The zero-order valence-electron chi connectivity index (χ0n) is 14.3. The quantitative estimate of drug-likeness (QED) is 0.577. The van der Waals surface area contributed by atoms with Crippen LogP contribution in [0.1, 0.15) is 29.0 Å². The Labute approximate surface area is 167 Å². The molecule has 0 spiro atoms. The highest BCUT2D eigenvalue weighted by Gasteiger charge is 2.40. The summed E-state index contributed by atoms with van der Waals surface area (Å²) < 4.78 is 6.34. The van der Waals surface area contributed by atoms with E-state index in [9.17, 15) is 0 Å². The molecule has 0 fully saturated rings. The molecule has 5 heteroatoms. The van der Waals surface area contributed by atoms with Gasteiger partial charge in [-0.15, -0.1) is 0 Å². The van der Waals surface area contributed by atoms with Crippen LogP contribution in [0.4, 0.5) is 0 Å². The summed E-state index contributed by atoms with van der Waals surface area (Å²) in [5.74, 6) is 0.854. The number of hydrogen-bond donors (Lipinski definition) is 1.